The van der Waals surface area contributed by atoms with E-state index in [1.54, 1.807) is 0 Å². The molecule has 132 valence electrons. The molecule has 0 saturated carbocycles. The van der Waals surface area contributed by atoms with Crippen molar-refractivity contribution in [1.29, 1.82) is 0 Å². The van der Waals surface area contributed by atoms with Gasteiger partial charge in [0.2, 0.25) is 22.9 Å². The number of aryl methyl sites for hydroxylation is 2. The number of benzene rings is 2. The van der Waals surface area contributed by atoms with Gasteiger partial charge in [0.1, 0.15) is 12.9 Å². The first-order valence-corrected chi connectivity index (χ1v) is 8.60. The molecule has 0 atom stereocenters. The lowest BCUT2D eigenvalue weighted by Crippen LogP contribution is -2.32. The summed E-state index contributed by atoms with van der Waals surface area (Å²) >= 11 is 0. The maximum absolute atomic E-state index is 14.8. The van der Waals surface area contributed by atoms with Crippen LogP contribution < -0.4 is 4.57 Å². The number of rotatable bonds is 1. The summed E-state index contributed by atoms with van der Waals surface area (Å²) in [6.07, 6.45) is 0. The minimum atomic E-state index is -0.656. The highest BCUT2D eigenvalue weighted by molar-refractivity contribution is 6.09. The Hall–Kier alpha value is -3.34. The number of hydrogen-bond acceptors (Lipinski definition) is 2. The molecule has 0 unspecified atom stereocenters. The Morgan fingerprint density at radius 2 is 1.81 bits per heavy atom. The van der Waals surface area contributed by atoms with Crippen LogP contribution in [0.25, 0.3) is 44.2 Å². The second kappa shape index (κ2) is 5.58. The van der Waals surface area contributed by atoms with E-state index in [4.69, 9.17) is 4.42 Å². The van der Waals surface area contributed by atoms with Gasteiger partial charge in [-0.1, -0.05) is 12.1 Å². The van der Waals surface area contributed by atoms with E-state index in [2.05, 4.69) is 9.55 Å². The van der Waals surface area contributed by atoms with E-state index in [0.29, 0.717) is 16.4 Å². The smallest absolute Gasteiger partial charge is 0.230 e. The maximum atomic E-state index is 14.8. The molecule has 0 saturated heterocycles. The topological polar surface area (TPSA) is 29.9 Å². The number of pyridine rings is 2. The fraction of sp³-hybridized carbons (Fsp3) is 0.0909. The van der Waals surface area contributed by atoms with Crippen LogP contribution in [0, 0.1) is 18.7 Å². The van der Waals surface area contributed by atoms with Gasteiger partial charge in [-0.05, 0) is 42.8 Å². The van der Waals surface area contributed by atoms with Crippen LogP contribution >= 0.6 is 0 Å². The van der Waals surface area contributed by atoms with Gasteiger partial charge in [0.05, 0.1) is 16.3 Å². The normalized spacial score (nSPS) is 11.7. The van der Waals surface area contributed by atoms with E-state index in [0.717, 1.165) is 27.7 Å². The summed E-state index contributed by atoms with van der Waals surface area (Å²) in [4.78, 5) is 3.78. The first-order valence-electron chi connectivity index (χ1n) is 8.60. The molecule has 0 spiro atoms. The lowest BCUT2D eigenvalue weighted by Gasteiger charge is -2.08. The molecule has 3 aromatic heterocycles. The largest absolute Gasteiger partial charge is 0.437 e. The standard InChI is InChI=1S/C22H15F2N2O/c1-12-11-15(23)20-14-8-10-18(24)25-22(14)27-21(20)19(12)17-9-7-13-5-3-4-6-16(13)26(17)2/h3-11H,1-2H3/q+1. The lowest BCUT2D eigenvalue weighted by atomic mass is 9.99. The summed E-state index contributed by atoms with van der Waals surface area (Å²) in [6, 6.07) is 16.3. The number of fused-ring (bicyclic) bond motifs is 4. The van der Waals surface area contributed by atoms with Crippen LogP contribution in [0.4, 0.5) is 8.78 Å². The number of nitrogens with zero attached hydrogens (tertiary/aromatic N) is 2. The SMILES string of the molecule is Cc1cc(F)c2c(oc3nc(F)ccc32)c1-c1ccc2ccccc2[n+]1C. The van der Waals surface area contributed by atoms with Gasteiger partial charge >= 0.3 is 0 Å². The molecule has 5 heteroatoms. The number of aromatic nitrogens is 2. The molecule has 0 radical (unpaired) electrons. The zero-order valence-electron chi connectivity index (χ0n) is 14.8. The lowest BCUT2D eigenvalue weighted by molar-refractivity contribution is -0.633. The van der Waals surface area contributed by atoms with Crippen molar-refractivity contribution in [3.63, 3.8) is 0 Å². The van der Waals surface area contributed by atoms with E-state index < -0.39 is 11.8 Å². The van der Waals surface area contributed by atoms with Gasteiger partial charge in [-0.2, -0.15) is 13.9 Å². The summed E-state index contributed by atoms with van der Waals surface area (Å²) < 4.78 is 36.2. The highest BCUT2D eigenvalue weighted by atomic mass is 19.1. The van der Waals surface area contributed by atoms with Gasteiger partial charge in [-0.15, -0.1) is 0 Å². The fourth-order valence-electron chi connectivity index (χ4n) is 3.80. The third-order valence-electron chi connectivity index (χ3n) is 5.06. The average molecular weight is 361 g/mol. The Kier molecular flexibility index (Phi) is 3.28. The van der Waals surface area contributed by atoms with Gasteiger partial charge in [0.15, 0.2) is 5.58 Å². The predicted octanol–water partition coefficient (Wildman–Crippen LogP) is 5.21. The summed E-state index contributed by atoms with van der Waals surface area (Å²) in [7, 11) is 1.97. The van der Waals surface area contributed by atoms with Crippen LogP contribution in [-0.2, 0) is 7.05 Å². The summed E-state index contributed by atoms with van der Waals surface area (Å²) in [5, 5.41) is 1.90. The first-order chi connectivity index (χ1) is 13.0. The molecule has 5 rings (SSSR count). The molecule has 3 nitrogen and oxygen atoms in total. The van der Waals surface area contributed by atoms with Gasteiger partial charge in [-0.3, -0.25) is 0 Å². The van der Waals surface area contributed by atoms with E-state index in [9.17, 15) is 8.78 Å². The molecule has 0 amide bonds. The third kappa shape index (κ3) is 2.24. The van der Waals surface area contributed by atoms with Crippen LogP contribution in [0.2, 0.25) is 0 Å². The van der Waals surface area contributed by atoms with Crippen molar-refractivity contribution >= 4 is 33.0 Å². The zero-order chi connectivity index (χ0) is 18.7. The van der Waals surface area contributed by atoms with E-state index >= 15 is 0 Å². The summed E-state index contributed by atoms with van der Waals surface area (Å²) in [6.45, 7) is 1.84. The molecule has 27 heavy (non-hydrogen) atoms. The molecular formula is C22H15F2N2O+. The monoisotopic (exact) mass is 361 g/mol. The van der Waals surface area contributed by atoms with Crippen molar-refractivity contribution in [2.75, 3.05) is 0 Å². The number of halogens is 2. The second-order valence-corrected chi connectivity index (χ2v) is 6.68. The van der Waals surface area contributed by atoms with Gasteiger partial charge in [0, 0.05) is 17.5 Å². The average Bonchev–Trinajstić information content (AvgIpc) is 3.02. The Morgan fingerprint density at radius 1 is 1.00 bits per heavy atom. The fourth-order valence-corrected chi connectivity index (χ4v) is 3.80. The Labute approximate surface area is 153 Å². The Balaban J connectivity index is 1.94. The minimum absolute atomic E-state index is 0.0965. The Bertz CT molecular complexity index is 1370. The van der Waals surface area contributed by atoms with Crippen molar-refractivity contribution in [1.82, 2.24) is 4.98 Å². The van der Waals surface area contributed by atoms with Gasteiger partial charge < -0.3 is 4.42 Å². The molecular weight excluding hydrogens is 346 g/mol. The number of hydrogen-bond donors (Lipinski definition) is 0. The van der Waals surface area contributed by atoms with E-state index in [-0.39, 0.29) is 5.71 Å². The molecule has 0 aliphatic rings. The first kappa shape index (κ1) is 15.9. The second-order valence-electron chi connectivity index (χ2n) is 6.68. The minimum Gasteiger partial charge on any atom is -0.437 e. The van der Waals surface area contributed by atoms with Gasteiger partial charge in [0.25, 0.3) is 0 Å². The molecule has 5 aromatic rings. The van der Waals surface area contributed by atoms with Crippen molar-refractivity contribution in [2.45, 2.75) is 6.92 Å². The van der Waals surface area contributed by atoms with Gasteiger partial charge in [-0.25, -0.2) is 4.39 Å². The number of furan rings is 1. The predicted molar refractivity (Wildman–Crippen MR) is 100 cm³/mol. The van der Waals surface area contributed by atoms with Crippen LogP contribution in [0.3, 0.4) is 0 Å². The zero-order valence-corrected chi connectivity index (χ0v) is 14.8. The van der Waals surface area contributed by atoms with Crippen LogP contribution in [0.1, 0.15) is 5.56 Å². The molecule has 3 heterocycles. The quantitative estimate of drug-likeness (QED) is 0.303. The molecule has 2 aromatic carbocycles. The molecule has 0 fully saturated rings. The van der Waals surface area contributed by atoms with Crippen LogP contribution in [0.15, 0.2) is 59.0 Å². The number of para-hydroxylation sites is 1. The van der Waals surface area contributed by atoms with E-state index in [1.807, 2.05) is 50.4 Å². The van der Waals surface area contributed by atoms with Crippen molar-refractivity contribution in [3.8, 4) is 11.3 Å². The molecule has 0 bridgehead atoms. The van der Waals surface area contributed by atoms with Crippen molar-refractivity contribution < 1.29 is 17.8 Å². The van der Waals surface area contributed by atoms with Crippen LogP contribution in [-0.4, -0.2) is 4.98 Å². The van der Waals surface area contributed by atoms with Crippen molar-refractivity contribution in [3.05, 3.63) is 71.9 Å². The highest BCUT2D eigenvalue weighted by Crippen LogP contribution is 2.38. The molecule has 0 aliphatic carbocycles. The van der Waals surface area contributed by atoms with E-state index in [1.165, 1.54) is 18.2 Å². The Morgan fingerprint density at radius 3 is 2.67 bits per heavy atom. The summed E-state index contributed by atoms with van der Waals surface area (Å²) in [5.41, 5.74) is 3.93. The highest BCUT2D eigenvalue weighted by Gasteiger charge is 2.24. The molecule has 0 N–H and O–H groups in total. The van der Waals surface area contributed by atoms with Crippen LogP contribution in [0.5, 0.6) is 0 Å². The molecule has 0 aliphatic heterocycles. The summed E-state index contributed by atoms with van der Waals surface area (Å²) in [5.74, 6) is -1.06. The van der Waals surface area contributed by atoms with Crippen molar-refractivity contribution in [2.24, 2.45) is 7.05 Å². The third-order valence-corrected chi connectivity index (χ3v) is 5.06. The maximum Gasteiger partial charge on any atom is 0.230 e.